The third kappa shape index (κ3) is 5.50. The Morgan fingerprint density at radius 1 is 1.33 bits per heavy atom. The van der Waals surface area contributed by atoms with Crippen molar-refractivity contribution < 1.29 is 17.6 Å². The van der Waals surface area contributed by atoms with Gasteiger partial charge in [-0.3, -0.25) is 0 Å². The predicted molar refractivity (Wildman–Crippen MR) is 76.5 cm³/mol. The number of hydrogen-bond acceptors (Lipinski definition) is 1. The Balaban J connectivity index is 3.03. The topological polar surface area (TPSA) is 12.0 Å². The maximum Gasteiger partial charge on any atom is 0.419 e. The highest BCUT2D eigenvalue weighted by molar-refractivity contribution is 5.29. The molecule has 0 aromatic heterocycles. The highest BCUT2D eigenvalue weighted by atomic mass is 19.4. The van der Waals surface area contributed by atoms with Crippen LogP contribution in [-0.2, 0) is 6.18 Å². The number of allylic oxidation sites excluding steroid dienone is 1. The highest BCUT2D eigenvalue weighted by Gasteiger charge is 2.34. The minimum Gasteiger partial charge on any atom is -0.310 e. The third-order valence-corrected chi connectivity index (χ3v) is 3.20. The quantitative estimate of drug-likeness (QED) is 0.536. The summed E-state index contributed by atoms with van der Waals surface area (Å²) in [6, 6.07) is 2.97. The minimum atomic E-state index is -4.68. The Morgan fingerprint density at radius 2 is 2.00 bits per heavy atom. The molecular formula is C16H21F4N. The molecule has 0 saturated heterocycles. The summed E-state index contributed by atoms with van der Waals surface area (Å²) in [4.78, 5) is 0. The second kappa shape index (κ2) is 7.59. The van der Waals surface area contributed by atoms with Crippen molar-refractivity contribution in [2.45, 2.75) is 45.3 Å². The SMILES string of the molecule is C=C(C)CCC(NCCC)c1ccc(F)c(C(F)(F)F)c1. The summed E-state index contributed by atoms with van der Waals surface area (Å²) < 4.78 is 51.7. The van der Waals surface area contributed by atoms with Crippen molar-refractivity contribution in [2.75, 3.05) is 6.54 Å². The lowest BCUT2D eigenvalue weighted by Gasteiger charge is -2.20. The van der Waals surface area contributed by atoms with Crippen molar-refractivity contribution in [3.63, 3.8) is 0 Å². The number of halogens is 4. The first-order valence-corrected chi connectivity index (χ1v) is 7.00. The van der Waals surface area contributed by atoms with E-state index in [-0.39, 0.29) is 6.04 Å². The standard InChI is InChI=1S/C16H21F4N/c1-4-9-21-15(8-5-11(2)3)12-6-7-14(17)13(10-12)16(18,19)20/h6-7,10,15,21H,2,4-5,8-9H2,1,3H3. The molecule has 1 rings (SSSR count). The number of alkyl halides is 3. The van der Waals surface area contributed by atoms with E-state index in [1.54, 1.807) is 0 Å². The molecule has 0 saturated carbocycles. The summed E-state index contributed by atoms with van der Waals surface area (Å²) in [6.07, 6.45) is -2.46. The largest absolute Gasteiger partial charge is 0.419 e. The molecule has 0 heterocycles. The van der Waals surface area contributed by atoms with Crippen LogP contribution in [0, 0.1) is 5.82 Å². The summed E-state index contributed by atoms with van der Waals surface area (Å²) in [5.74, 6) is -1.24. The van der Waals surface area contributed by atoms with Crippen LogP contribution in [0.25, 0.3) is 0 Å². The molecule has 118 valence electrons. The van der Waals surface area contributed by atoms with E-state index in [1.807, 2.05) is 13.8 Å². The van der Waals surface area contributed by atoms with E-state index in [0.717, 1.165) is 24.1 Å². The van der Waals surface area contributed by atoms with Crippen LogP contribution in [0.15, 0.2) is 30.4 Å². The van der Waals surface area contributed by atoms with Gasteiger partial charge in [0.2, 0.25) is 0 Å². The van der Waals surface area contributed by atoms with E-state index >= 15 is 0 Å². The number of nitrogens with one attached hydrogen (secondary N) is 1. The molecule has 0 fully saturated rings. The summed E-state index contributed by atoms with van der Waals surface area (Å²) >= 11 is 0. The van der Waals surface area contributed by atoms with Gasteiger partial charge in [-0.1, -0.05) is 18.6 Å². The Kier molecular flexibility index (Phi) is 6.40. The fourth-order valence-electron chi connectivity index (χ4n) is 2.07. The first-order valence-electron chi connectivity index (χ1n) is 7.00. The van der Waals surface area contributed by atoms with Gasteiger partial charge in [0.05, 0.1) is 5.56 Å². The lowest BCUT2D eigenvalue weighted by Crippen LogP contribution is -2.23. The average Bonchev–Trinajstić information content (AvgIpc) is 2.38. The van der Waals surface area contributed by atoms with Crippen molar-refractivity contribution in [2.24, 2.45) is 0 Å². The van der Waals surface area contributed by atoms with E-state index < -0.39 is 17.6 Å². The van der Waals surface area contributed by atoms with Gasteiger partial charge in [-0.2, -0.15) is 13.2 Å². The van der Waals surface area contributed by atoms with Crippen molar-refractivity contribution in [3.8, 4) is 0 Å². The fourth-order valence-corrected chi connectivity index (χ4v) is 2.07. The van der Waals surface area contributed by atoms with Crippen molar-refractivity contribution >= 4 is 0 Å². The molecule has 1 nitrogen and oxygen atoms in total. The molecular weight excluding hydrogens is 282 g/mol. The van der Waals surface area contributed by atoms with E-state index in [2.05, 4.69) is 11.9 Å². The highest BCUT2D eigenvalue weighted by Crippen LogP contribution is 2.33. The molecule has 0 aliphatic carbocycles. The normalized spacial score (nSPS) is 13.2. The van der Waals surface area contributed by atoms with Gasteiger partial charge in [-0.15, -0.1) is 6.58 Å². The first-order chi connectivity index (χ1) is 9.75. The number of benzene rings is 1. The van der Waals surface area contributed by atoms with E-state index in [1.165, 1.54) is 6.07 Å². The molecule has 1 aromatic carbocycles. The lowest BCUT2D eigenvalue weighted by molar-refractivity contribution is -0.140. The van der Waals surface area contributed by atoms with Crippen LogP contribution in [0.5, 0.6) is 0 Å². The molecule has 5 heteroatoms. The third-order valence-electron chi connectivity index (χ3n) is 3.20. The zero-order valence-corrected chi connectivity index (χ0v) is 12.4. The monoisotopic (exact) mass is 303 g/mol. The molecule has 1 N–H and O–H groups in total. The molecule has 0 amide bonds. The van der Waals surface area contributed by atoms with E-state index in [9.17, 15) is 17.6 Å². The maximum atomic E-state index is 13.3. The Bertz CT molecular complexity index is 480. The van der Waals surface area contributed by atoms with Gasteiger partial charge in [0, 0.05) is 6.04 Å². The second-order valence-electron chi connectivity index (χ2n) is 5.24. The fraction of sp³-hybridized carbons (Fsp3) is 0.500. The zero-order valence-electron chi connectivity index (χ0n) is 12.4. The Morgan fingerprint density at radius 3 is 2.52 bits per heavy atom. The van der Waals surface area contributed by atoms with Gasteiger partial charge in [-0.25, -0.2) is 4.39 Å². The number of rotatable bonds is 7. The van der Waals surface area contributed by atoms with Gasteiger partial charge >= 0.3 is 6.18 Å². The summed E-state index contributed by atoms with van der Waals surface area (Å²) in [6.45, 7) is 8.36. The van der Waals surface area contributed by atoms with Gasteiger partial charge < -0.3 is 5.32 Å². The van der Waals surface area contributed by atoms with Crippen LogP contribution in [0.3, 0.4) is 0 Å². The molecule has 0 aliphatic heterocycles. The molecule has 0 spiro atoms. The molecule has 0 radical (unpaired) electrons. The van der Waals surface area contributed by atoms with E-state index in [4.69, 9.17) is 0 Å². The minimum absolute atomic E-state index is 0.233. The summed E-state index contributed by atoms with van der Waals surface area (Å²) in [7, 11) is 0. The molecule has 1 unspecified atom stereocenters. The van der Waals surface area contributed by atoms with Crippen LogP contribution in [0.4, 0.5) is 17.6 Å². The summed E-state index contributed by atoms with van der Waals surface area (Å²) in [5.41, 5.74) is 0.216. The Labute approximate surface area is 123 Å². The van der Waals surface area contributed by atoms with Gasteiger partial charge in [0.15, 0.2) is 0 Å². The Hall–Kier alpha value is -1.36. The van der Waals surface area contributed by atoms with E-state index in [0.29, 0.717) is 24.9 Å². The van der Waals surface area contributed by atoms with Crippen LogP contribution < -0.4 is 5.32 Å². The zero-order chi connectivity index (χ0) is 16.0. The van der Waals surface area contributed by atoms with Crippen LogP contribution in [-0.4, -0.2) is 6.54 Å². The lowest BCUT2D eigenvalue weighted by atomic mass is 9.97. The number of hydrogen-bond donors (Lipinski definition) is 1. The molecule has 0 bridgehead atoms. The molecule has 1 atom stereocenters. The van der Waals surface area contributed by atoms with Crippen LogP contribution in [0.1, 0.15) is 50.3 Å². The van der Waals surface area contributed by atoms with Crippen LogP contribution >= 0.6 is 0 Å². The molecule has 0 aliphatic rings. The van der Waals surface area contributed by atoms with Crippen molar-refractivity contribution in [3.05, 3.63) is 47.3 Å². The molecule has 21 heavy (non-hydrogen) atoms. The van der Waals surface area contributed by atoms with Crippen LogP contribution in [0.2, 0.25) is 0 Å². The van der Waals surface area contributed by atoms with Gasteiger partial charge in [0.1, 0.15) is 5.82 Å². The van der Waals surface area contributed by atoms with Gasteiger partial charge in [0.25, 0.3) is 0 Å². The van der Waals surface area contributed by atoms with Crippen molar-refractivity contribution in [1.29, 1.82) is 0 Å². The summed E-state index contributed by atoms with van der Waals surface area (Å²) in [5, 5.41) is 3.21. The smallest absolute Gasteiger partial charge is 0.310 e. The molecule has 1 aromatic rings. The predicted octanol–water partition coefficient (Wildman–Crippen LogP) is 5.24. The first kappa shape index (κ1) is 17.7. The second-order valence-corrected chi connectivity index (χ2v) is 5.24. The van der Waals surface area contributed by atoms with Gasteiger partial charge in [-0.05, 0) is 50.4 Å². The van der Waals surface area contributed by atoms with Crippen molar-refractivity contribution in [1.82, 2.24) is 5.32 Å². The maximum absolute atomic E-state index is 13.3. The average molecular weight is 303 g/mol.